The molecule has 170 valence electrons. The van der Waals surface area contributed by atoms with Gasteiger partial charge >= 0.3 is 0 Å². The lowest BCUT2D eigenvalue weighted by atomic mass is 10.0. The second-order valence-corrected chi connectivity index (χ2v) is 17.8. The molecule has 0 radical (unpaired) electrons. The van der Waals surface area contributed by atoms with E-state index in [1.54, 1.807) is 0 Å². The Bertz CT molecular complexity index is 841. The summed E-state index contributed by atoms with van der Waals surface area (Å²) in [5.41, 5.74) is 2.49. The molecule has 1 aliphatic rings. The van der Waals surface area contributed by atoms with Crippen molar-refractivity contribution in [3.05, 3.63) is 41.5 Å². The molecule has 0 heterocycles. The molecule has 0 fully saturated rings. The zero-order valence-corrected chi connectivity index (χ0v) is 22.3. The zero-order valence-electron chi connectivity index (χ0n) is 20.5. The summed E-state index contributed by atoms with van der Waals surface area (Å²) in [6.07, 6.45) is 6.87. The van der Waals surface area contributed by atoms with E-state index in [-0.39, 0.29) is 17.0 Å². The highest BCUT2D eigenvalue weighted by Crippen LogP contribution is 2.37. The normalized spacial score (nSPS) is 18.6. The van der Waals surface area contributed by atoms with Gasteiger partial charge in [-0.05, 0) is 68.8 Å². The van der Waals surface area contributed by atoms with Gasteiger partial charge < -0.3 is 4.43 Å². The lowest BCUT2D eigenvalue weighted by Gasteiger charge is -2.37. The first-order valence-electron chi connectivity index (χ1n) is 11.5. The fourth-order valence-corrected chi connectivity index (χ4v) is 6.74. The summed E-state index contributed by atoms with van der Waals surface area (Å²) in [5, 5.41) is 0.153. The first kappa shape index (κ1) is 25.3. The van der Waals surface area contributed by atoms with Gasteiger partial charge in [0.1, 0.15) is 0 Å². The van der Waals surface area contributed by atoms with Crippen LogP contribution in [0.15, 0.2) is 45.2 Å². The third-order valence-corrected chi connectivity index (χ3v) is 13.5. The third kappa shape index (κ3) is 6.79. The molecular formula is C25H43NO2SSi. The molecule has 1 unspecified atom stereocenters. The average Bonchev–Trinajstić information content (AvgIpc) is 2.65. The van der Waals surface area contributed by atoms with Crippen molar-refractivity contribution in [1.29, 1.82) is 0 Å². The van der Waals surface area contributed by atoms with Crippen LogP contribution in [-0.2, 0) is 14.2 Å². The Morgan fingerprint density at radius 1 is 1.13 bits per heavy atom. The number of allylic oxidation sites excluding steroid dienone is 1. The molecule has 5 heteroatoms. The zero-order chi connectivity index (χ0) is 22.6. The average molecular weight is 450 g/mol. The number of benzene rings is 1. The van der Waals surface area contributed by atoms with Crippen molar-refractivity contribution >= 4 is 18.0 Å². The number of nitrogens with zero attached hydrogens (tertiary/aromatic N) is 1. The summed E-state index contributed by atoms with van der Waals surface area (Å²) in [6.45, 7) is 18.3. The maximum atomic E-state index is 14.4. The first-order valence-corrected chi connectivity index (χ1v) is 16.1. The minimum Gasteiger partial charge on any atom is -0.415 e. The van der Waals surface area contributed by atoms with Crippen LogP contribution >= 0.6 is 0 Å². The molecule has 0 aromatic heterocycles. The molecule has 1 aromatic rings. The summed E-state index contributed by atoms with van der Waals surface area (Å²) in [4.78, 5) is 0.859. The van der Waals surface area contributed by atoms with Crippen molar-refractivity contribution in [2.75, 3.05) is 12.4 Å². The van der Waals surface area contributed by atoms with Crippen molar-refractivity contribution in [2.24, 2.45) is 10.3 Å². The highest BCUT2D eigenvalue weighted by molar-refractivity contribution is 7.93. The fourth-order valence-electron chi connectivity index (χ4n) is 3.29. The van der Waals surface area contributed by atoms with E-state index in [9.17, 15) is 4.21 Å². The summed E-state index contributed by atoms with van der Waals surface area (Å²) < 4.78 is 25.9. The second-order valence-electron chi connectivity index (χ2n) is 10.7. The van der Waals surface area contributed by atoms with Crippen LogP contribution in [-0.4, -0.2) is 30.9 Å². The van der Waals surface area contributed by atoms with Gasteiger partial charge in [-0.2, -0.15) is 0 Å². The predicted molar refractivity (Wildman–Crippen MR) is 133 cm³/mol. The largest absolute Gasteiger partial charge is 0.415 e. The maximum Gasteiger partial charge on any atom is 0.192 e. The molecule has 2 atom stereocenters. The van der Waals surface area contributed by atoms with Gasteiger partial charge in [0.25, 0.3) is 0 Å². The quantitative estimate of drug-likeness (QED) is 0.307. The second kappa shape index (κ2) is 10.1. The van der Waals surface area contributed by atoms with Crippen molar-refractivity contribution in [3.63, 3.8) is 0 Å². The summed E-state index contributed by atoms with van der Waals surface area (Å²) in [6, 6.07) is 8.05. The van der Waals surface area contributed by atoms with E-state index in [4.69, 9.17) is 8.79 Å². The van der Waals surface area contributed by atoms with Crippen LogP contribution in [0.25, 0.3) is 0 Å². The van der Waals surface area contributed by atoms with Crippen molar-refractivity contribution < 1.29 is 8.63 Å². The third-order valence-electron chi connectivity index (χ3n) is 6.65. The fraction of sp³-hybridized carbons (Fsp3) is 0.680. The van der Waals surface area contributed by atoms with Gasteiger partial charge in [0.15, 0.2) is 8.32 Å². The minimum atomic E-state index is -2.54. The van der Waals surface area contributed by atoms with Gasteiger partial charge in [0, 0.05) is 4.90 Å². The Kier molecular flexibility index (Phi) is 8.57. The molecule has 0 spiro atoms. The predicted octanol–water partition coefficient (Wildman–Crippen LogP) is 7.37. The maximum absolute atomic E-state index is 14.4. The van der Waals surface area contributed by atoms with Crippen LogP contribution in [0.3, 0.4) is 0 Å². The molecule has 0 saturated heterocycles. The van der Waals surface area contributed by atoms with E-state index in [2.05, 4.69) is 72.8 Å². The molecular weight excluding hydrogens is 406 g/mol. The molecule has 2 rings (SSSR count). The van der Waals surface area contributed by atoms with E-state index in [1.807, 2.05) is 12.1 Å². The van der Waals surface area contributed by atoms with Gasteiger partial charge in [-0.25, -0.2) is 8.57 Å². The van der Waals surface area contributed by atoms with Crippen LogP contribution < -0.4 is 0 Å². The highest BCUT2D eigenvalue weighted by Gasteiger charge is 2.38. The minimum absolute atomic E-state index is 0.0721. The van der Waals surface area contributed by atoms with E-state index in [0.29, 0.717) is 12.4 Å². The molecule has 0 aliphatic heterocycles. The summed E-state index contributed by atoms with van der Waals surface area (Å²) in [7, 11) is -4.42. The van der Waals surface area contributed by atoms with Crippen molar-refractivity contribution in [2.45, 2.75) is 96.3 Å². The molecule has 30 heavy (non-hydrogen) atoms. The van der Waals surface area contributed by atoms with E-state index < -0.39 is 18.0 Å². The first-order chi connectivity index (χ1) is 13.8. The monoisotopic (exact) mass is 449 g/mol. The van der Waals surface area contributed by atoms with Gasteiger partial charge in [-0.15, -0.1) is 0 Å². The van der Waals surface area contributed by atoms with Crippen LogP contribution in [0.4, 0.5) is 0 Å². The van der Waals surface area contributed by atoms with Crippen LogP contribution in [0.2, 0.25) is 18.1 Å². The van der Waals surface area contributed by atoms with Crippen LogP contribution in [0.1, 0.15) is 65.9 Å². The molecule has 1 aliphatic carbocycles. The Balaban J connectivity index is 2.41. The van der Waals surface area contributed by atoms with Crippen LogP contribution in [0.5, 0.6) is 0 Å². The van der Waals surface area contributed by atoms with E-state index in [1.165, 1.54) is 24.0 Å². The van der Waals surface area contributed by atoms with E-state index in [0.717, 1.165) is 17.7 Å². The van der Waals surface area contributed by atoms with Gasteiger partial charge in [-0.3, -0.25) is 0 Å². The smallest absolute Gasteiger partial charge is 0.192 e. The Hall–Kier alpha value is -0.913. The van der Waals surface area contributed by atoms with Gasteiger partial charge in [0.05, 0.1) is 28.1 Å². The molecule has 1 aromatic carbocycles. The molecule has 0 saturated carbocycles. The van der Waals surface area contributed by atoms with Gasteiger partial charge in [0.2, 0.25) is 0 Å². The lowest BCUT2D eigenvalue weighted by Crippen LogP contribution is -2.43. The number of hydrogen-bond acceptors (Lipinski definition) is 3. The number of hydrogen-bond donors (Lipinski definition) is 0. The molecule has 0 bridgehead atoms. The Morgan fingerprint density at radius 2 is 1.77 bits per heavy atom. The Labute approximate surface area is 187 Å². The lowest BCUT2D eigenvalue weighted by molar-refractivity contribution is 0.240. The topological polar surface area (TPSA) is 38.7 Å². The molecule has 0 N–H and O–H groups in total. The molecule has 3 nitrogen and oxygen atoms in total. The number of aryl methyl sites for hydroxylation is 1. The highest BCUT2D eigenvalue weighted by atomic mass is 32.2. The summed E-state index contributed by atoms with van der Waals surface area (Å²) >= 11 is 0. The standard InChI is InChI=1S/C25H43NO2SSi/c1-20(2)24(18-28-30(7,8)25(4,5)6)26-29(27,19-22-12-10-9-11-13-22)23-16-14-21(3)15-17-23/h12,14-17,20,24H,9-11,13,18-19H2,1-8H3/t24-,29?/m0/s1. The number of rotatable bonds is 8. The van der Waals surface area contributed by atoms with E-state index >= 15 is 0 Å². The molecule has 0 amide bonds. The summed E-state index contributed by atoms with van der Waals surface area (Å²) in [5.74, 6) is 0.834. The SMILES string of the molecule is Cc1ccc(S(=O)(CC2=CCCCC2)=N[C@@H](CO[Si](C)(C)C(C)(C)C)C(C)C)cc1. The van der Waals surface area contributed by atoms with Crippen LogP contribution in [0, 0.1) is 12.8 Å². The Morgan fingerprint density at radius 3 is 2.27 bits per heavy atom. The van der Waals surface area contributed by atoms with Gasteiger partial charge in [-0.1, -0.05) is 64.0 Å². The van der Waals surface area contributed by atoms with Crippen molar-refractivity contribution in [1.82, 2.24) is 0 Å². The van der Waals surface area contributed by atoms with Crippen molar-refractivity contribution in [3.8, 4) is 0 Å².